The minimum absolute atomic E-state index is 0.00176. The standard InChI is InChI=1S/C10H19N5/c11-9(10-13-3-4-14-10)8-15-6-1-2-12-5-7-15/h3-4,9,12H,1-2,5-8,11H2,(H,13,14). The predicted molar refractivity (Wildman–Crippen MR) is 59.4 cm³/mol. The third-order valence-electron chi connectivity index (χ3n) is 2.76. The highest BCUT2D eigenvalue weighted by Crippen LogP contribution is 2.07. The molecule has 5 heteroatoms. The van der Waals surface area contributed by atoms with Crippen molar-refractivity contribution < 1.29 is 0 Å². The van der Waals surface area contributed by atoms with Gasteiger partial charge in [-0.1, -0.05) is 0 Å². The number of imidazole rings is 1. The molecule has 1 fully saturated rings. The average molecular weight is 209 g/mol. The van der Waals surface area contributed by atoms with E-state index in [1.165, 1.54) is 6.42 Å². The number of nitrogens with one attached hydrogen (secondary N) is 2. The Balaban J connectivity index is 1.84. The van der Waals surface area contributed by atoms with E-state index in [4.69, 9.17) is 5.73 Å². The van der Waals surface area contributed by atoms with Gasteiger partial charge in [0.25, 0.3) is 0 Å². The summed E-state index contributed by atoms with van der Waals surface area (Å²) in [5, 5.41) is 3.38. The molecular formula is C10H19N5. The summed E-state index contributed by atoms with van der Waals surface area (Å²) < 4.78 is 0. The molecule has 2 heterocycles. The molecule has 15 heavy (non-hydrogen) atoms. The highest BCUT2D eigenvalue weighted by molar-refractivity contribution is 4.95. The molecule has 1 aliphatic rings. The second kappa shape index (κ2) is 5.25. The Kier molecular flexibility index (Phi) is 3.71. The minimum Gasteiger partial charge on any atom is -0.347 e. The Morgan fingerprint density at radius 1 is 1.47 bits per heavy atom. The molecule has 5 nitrogen and oxygen atoms in total. The van der Waals surface area contributed by atoms with Crippen molar-refractivity contribution in [3.63, 3.8) is 0 Å². The van der Waals surface area contributed by atoms with Gasteiger partial charge in [0, 0.05) is 32.0 Å². The molecule has 1 aromatic rings. The molecule has 0 aliphatic carbocycles. The number of hydrogen-bond donors (Lipinski definition) is 3. The van der Waals surface area contributed by atoms with Gasteiger partial charge in [-0.05, 0) is 19.5 Å². The quantitative estimate of drug-likeness (QED) is 0.639. The maximum Gasteiger partial charge on any atom is 0.124 e. The maximum atomic E-state index is 6.07. The summed E-state index contributed by atoms with van der Waals surface area (Å²) in [7, 11) is 0. The SMILES string of the molecule is NC(CN1CCCNCC1)c1ncc[nH]1. The van der Waals surface area contributed by atoms with Gasteiger partial charge >= 0.3 is 0 Å². The molecule has 0 saturated carbocycles. The Morgan fingerprint density at radius 3 is 3.20 bits per heavy atom. The maximum absolute atomic E-state index is 6.07. The highest BCUT2D eigenvalue weighted by Gasteiger charge is 2.14. The number of hydrogen-bond acceptors (Lipinski definition) is 4. The van der Waals surface area contributed by atoms with Gasteiger partial charge in [0.15, 0.2) is 0 Å². The fourth-order valence-electron chi connectivity index (χ4n) is 1.93. The van der Waals surface area contributed by atoms with E-state index >= 15 is 0 Å². The van der Waals surface area contributed by atoms with Crippen LogP contribution in [0, 0.1) is 0 Å². The summed E-state index contributed by atoms with van der Waals surface area (Å²) in [5.74, 6) is 0.882. The van der Waals surface area contributed by atoms with Gasteiger partial charge in [0.2, 0.25) is 0 Å². The van der Waals surface area contributed by atoms with Crippen LogP contribution in [0.15, 0.2) is 12.4 Å². The van der Waals surface area contributed by atoms with Crippen LogP contribution in [0.3, 0.4) is 0 Å². The van der Waals surface area contributed by atoms with Gasteiger partial charge < -0.3 is 20.9 Å². The Hall–Kier alpha value is -0.910. The summed E-state index contributed by atoms with van der Waals surface area (Å²) in [5.41, 5.74) is 6.07. The largest absolute Gasteiger partial charge is 0.347 e. The number of aromatic amines is 1. The van der Waals surface area contributed by atoms with Gasteiger partial charge in [-0.25, -0.2) is 4.98 Å². The molecule has 0 bridgehead atoms. The molecule has 1 aliphatic heterocycles. The second-order valence-electron chi connectivity index (χ2n) is 3.99. The van der Waals surface area contributed by atoms with Gasteiger partial charge in [-0.3, -0.25) is 0 Å². The predicted octanol–water partition coefficient (Wildman–Crippen LogP) is -0.295. The zero-order chi connectivity index (χ0) is 10.5. The van der Waals surface area contributed by atoms with Crippen molar-refractivity contribution in [2.75, 3.05) is 32.7 Å². The van der Waals surface area contributed by atoms with E-state index in [1.54, 1.807) is 6.20 Å². The number of nitrogens with zero attached hydrogens (tertiary/aromatic N) is 2. The molecule has 1 saturated heterocycles. The summed E-state index contributed by atoms with van der Waals surface area (Å²) in [6.07, 6.45) is 4.77. The van der Waals surface area contributed by atoms with Crippen LogP contribution in [-0.4, -0.2) is 47.6 Å². The van der Waals surface area contributed by atoms with Crippen LogP contribution in [-0.2, 0) is 0 Å². The van der Waals surface area contributed by atoms with Crippen LogP contribution in [0.2, 0.25) is 0 Å². The number of aromatic nitrogens is 2. The van der Waals surface area contributed by atoms with Crippen molar-refractivity contribution in [2.24, 2.45) is 5.73 Å². The van der Waals surface area contributed by atoms with E-state index in [9.17, 15) is 0 Å². The average Bonchev–Trinajstić information content (AvgIpc) is 2.65. The molecule has 84 valence electrons. The van der Waals surface area contributed by atoms with Gasteiger partial charge in [0.05, 0.1) is 6.04 Å². The van der Waals surface area contributed by atoms with Gasteiger partial charge in [0.1, 0.15) is 5.82 Å². The van der Waals surface area contributed by atoms with Crippen LogP contribution < -0.4 is 11.1 Å². The van der Waals surface area contributed by atoms with Crippen molar-refractivity contribution in [3.05, 3.63) is 18.2 Å². The third kappa shape index (κ3) is 3.02. The molecule has 4 N–H and O–H groups in total. The normalized spacial score (nSPS) is 21.1. The van der Waals surface area contributed by atoms with E-state index < -0.39 is 0 Å². The monoisotopic (exact) mass is 209 g/mol. The first-order valence-corrected chi connectivity index (χ1v) is 5.54. The van der Waals surface area contributed by atoms with Gasteiger partial charge in [-0.15, -0.1) is 0 Å². The van der Waals surface area contributed by atoms with E-state index in [0.717, 1.165) is 38.5 Å². The van der Waals surface area contributed by atoms with E-state index in [0.29, 0.717) is 0 Å². The van der Waals surface area contributed by atoms with Crippen LogP contribution in [0.25, 0.3) is 0 Å². The molecule has 0 aromatic carbocycles. The molecule has 0 radical (unpaired) electrons. The highest BCUT2D eigenvalue weighted by atomic mass is 15.2. The summed E-state index contributed by atoms with van der Waals surface area (Å²) >= 11 is 0. The molecule has 1 atom stereocenters. The summed E-state index contributed by atoms with van der Waals surface area (Å²) in [4.78, 5) is 9.64. The summed E-state index contributed by atoms with van der Waals surface area (Å²) in [6.45, 7) is 5.27. The Labute approximate surface area is 90.1 Å². The zero-order valence-corrected chi connectivity index (χ0v) is 8.95. The molecule has 0 amide bonds. The molecule has 1 unspecified atom stereocenters. The van der Waals surface area contributed by atoms with E-state index in [2.05, 4.69) is 20.2 Å². The molecule has 0 spiro atoms. The number of H-pyrrole nitrogens is 1. The van der Waals surface area contributed by atoms with Gasteiger partial charge in [-0.2, -0.15) is 0 Å². The zero-order valence-electron chi connectivity index (χ0n) is 8.95. The minimum atomic E-state index is -0.00176. The van der Waals surface area contributed by atoms with Crippen molar-refractivity contribution in [2.45, 2.75) is 12.5 Å². The smallest absolute Gasteiger partial charge is 0.124 e. The lowest BCUT2D eigenvalue weighted by Gasteiger charge is -2.22. The second-order valence-corrected chi connectivity index (χ2v) is 3.99. The fourth-order valence-corrected chi connectivity index (χ4v) is 1.93. The van der Waals surface area contributed by atoms with Crippen molar-refractivity contribution in [1.82, 2.24) is 20.2 Å². The number of rotatable bonds is 3. The fraction of sp³-hybridized carbons (Fsp3) is 0.700. The molecular weight excluding hydrogens is 190 g/mol. The van der Waals surface area contributed by atoms with Crippen molar-refractivity contribution in [3.8, 4) is 0 Å². The lowest BCUT2D eigenvalue weighted by atomic mass is 10.2. The van der Waals surface area contributed by atoms with Crippen molar-refractivity contribution >= 4 is 0 Å². The molecule has 1 aromatic heterocycles. The number of nitrogens with two attached hydrogens (primary N) is 1. The topological polar surface area (TPSA) is 70.0 Å². The lowest BCUT2D eigenvalue weighted by Crippen LogP contribution is -2.35. The molecule has 2 rings (SSSR count). The van der Waals surface area contributed by atoms with E-state index in [-0.39, 0.29) is 6.04 Å². The summed E-state index contributed by atoms with van der Waals surface area (Å²) in [6, 6.07) is -0.00176. The first-order chi connectivity index (χ1) is 7.36. The van der Waals surface area contributed by atoms with Crippen LogP contribution in [0.4, 0.5) is 0 Å². The van der Waals surface area contributed by atoms with Crippen LogP contribution in [0.5, 0.6) is 0 Å². The third-order valence-corrected chi connectivity index (χ3v) is 2.76. The lowest BCUT2D eigenvalue weighted by molar-refractivity contribution is 0.271. The first kappa shape index (κ1) is 10.6. The Bertz CT molecular complexity index is 263. The first-order valence-electron chi connectivity index (χ1n) is 5.54. The van der Waals surface area contributed by atoms with Crippen molar-refractivity contribution in [1.29, 1.82) is 0 Å². The Morgan fingerprint density at radius 2 is 2.40 bits per heavy atom. The van der Waals surface area contributed by atoms with Crippen LogP contribution >= 0.6 is 0 Å². The van der Waals surface area contributed by atoms with E-state index in [1.807, 2.05) is 6.20 Å². The van der Waals surface area contributed by atoms with Crippen LogP contribution in [0.1, 0.15) is 18.3 Å².